The zero-order valence-electron chi connectivity index (χ0n) is 9.42. The molecule has 0 radical (unpaired) electrons. The van der Waals surface area contributed by atoms with E-state index in [9.17, 15) is 18.4 Å². The molecule has 0 aliphatic rings. The average molecular weight is 253 g/mol. The van der Waals surface area contributed by atoms with Gasteiger partial charge in [-0.1, -0.05) is 11.8 Å². The number of esters is 1. The van der Waals surface area contributed by atoms with Crippen LogP contribution in [0.2, 0.25) is 0 Å². The number of primary amides is 1. The van der Waals surface area contributed by atoms with Gasteiger partial charge in [-0.05, 0) is 12.1 Å². The summed E-state index contributed by atoms with van der Waals surface area (Å²) in [6, 6.07) is 1.76. The van der Waals surface area contributed by atoms with Gasteiger partial charge in [0.1, 0.15) is 17.2 Å². The van der Waals surface area contributed by atoms with Crippen LogP contribution in [0.4, 0.5) is 8.78 Å². The summed E-state index contributed by atoms with van der Waals surface area (Å²) in [4.78, 5) is 21.5. The smallest absolute Gasteiger partial charge is 0.343 e. The van der Waals surface area contributed by atoms with Crippen molar-refractivity contribution in [2.75, 3.05) is 7.11 Å². The lowest BCUT2D eigenvalue weighted by Gasteiger charge is -2.03. The number of hydrogen-bond acceptors (Lipinski definition) is 3. The predicted octanol–water partition coefficient (Wildman–Crippen LogP) is 0.978. The van der Waals surface area contributed by atoms with Crippen molar-refractivity contribution in [2.24, 2.45) is 5.73 Å². The highest BCUT2D eigenvalue weighted by Gasteiger charge is 2.18. The minimum absolute atomic E-state index is 0.00102. The summed E-state index contributed by atoms with van der Waals surface area (Å²) in [6.07, 6.45) is -0.220. The van der Waals surface area contributed by atoms with Gasteiger partial charge in [0, 0.05) is 5.56 Å². The normalized spacial score (nSPS) is 9.28. The van der Waals surface area contributed by atoms with Crippen LogP contribution in [0.15, 0.2) is 12.1 Å². The number of benzene rings is 1. The zero-order valence-corrected chi connectivity index (χ0v) is 9.42. The minimum Gasteiger partial charge on any atom is -0.465 e. The van der Waals surface area contributed by atoms with Crippen LogP contribution in [-0.4, -0.2) is 19.0 Å². The van der Waals surface area contributed by atoms with Gasteiger partial charge >= 0.3 is 5.97 Å². The van der Waals surface area contributed by atoms with Crippen LogP contribution in [0.1, 0.15) is 22.3 Å². The van der Waals surface area contributed by atoms with Crippen molar-refractivity contribution in [3.05, 3.63) is 34.9 Å². The van der Waals surface area contributed by atoms with Crippen molar-refractivity contribution in [1.29, 1.82) is 0 Å². The molecule has 0 aromatic heterocycles. The fraction of sp³-hybridized carbons (Fsp3) is 0.167. The van der Waals surface area contributed by atoms with Gasteiger partial charge < -0.3 is 10.5 Å². The topological polar surface area (TPSA) is 69.4 Å². The number of halogens is 2. The van der Waals surface area contributed by atoms with E-state index >= 15 is 0 Å². The van der Waals surface area contributed by atoms with Crippen LogP contribution in [-0.2, 0) is 9.53 Å². The fourth-order valence-electron chi connectivity index (χ4n) is 1.18. The summed E-state index contributed by atoms with van der Waals surface area (Å²) in [5, 5.41) is 0. The molecule has 0 saturated carbocycles. The first kappa shape index (κ1) is 13.6. The van der Waals surface area contributed by atoms with Gasteiger partial charge in [-0.15, -0.1) is 0 Å². The Morgan fingerprint density at radius 1 is 1.33 bits per heavy atom. The molecular formula is C12H9F2NO3. The van der Waals surface area contributed by atoms with Crippen LogP contribution in [0.5, 0.6) is 0 Å². The molecule has 2 N–H and O–H groups in total. The van der Waals surface area contributed by atoms with Gasteiger partial charge in [0.05, 0.1) is 13.5 Å². The van der Waals surface area contributed by atoms with Crippen LogP contribution < -0.4 is 5.73 Å². The Labute approximate surface area is 102 Å². The number of nitrogens with two attached hydrogens (primary N) is 1. The first-order chi connectivity index (χ1) is 8.45. The summed E-state index contributed by atoms with van der Waals surface area (Å²) in [7, 11) is 1.02. The number of methoxy groups -OCH3 is 1. The molecule has 1 amide bonds. The van der Waals surface area contributed by atoms with Crippen molar-refractivity contribution in [2.45, 2.75) is 6.42 Å². The highest BCUT2D eigenvalue weighted by molar-refractivity contribution is 5.90. The monoisotopic (exact) mass is 253 g/mol. The molecule has 4 nitrogen and oxygen atoms in total. The SMILES string of the molecule is COC(=O)c1c(F)cc(C#CCC(N)=O)cc1F. The fourth-order valence-corrected chi connectivity index (χ4v) is 1.18. The van der Waals surface area contributed by atoms with E-state index in [0.717, 1.165) is 19.2 Å². The van der Waals surface area contributed by atoms with E-state index in [2.05, 4.69) is 16.6 Å². The Hall–Kier alpha value is -2.42. The Bertz CT molecular complexity index is 535. The van der Waals surface area contributed by atoms with E-state index in [1.807, 2.05) is 0 Å². The second kappa shape index (κ2) is 5.77. The van der Waals surface area contributed by atoms with Gasteiger partial charge in [0.15, 0.2) is 0 Å². The third kappa shape index (κ3) is 3.28. The van der Waals surface area contributed by atoms with Gasteiger partial charge in [0.2, 0.25) is 5.91 Å². The zero-order chi connectivity index (χ0) is 13.7. The molecular weight excluding hydrogens is 244 g/mol. The van der Waals surface area contributed by atoms with Gasteiger partial charge in [0.25, 0.3) is 0 Å². The van der Waals surface area contributed by atoms with E-state index in [1.165, 1.54) is 0 Å². The van der Waals surface area contributed by atoms with E-state index < -0.39 is 29.1 Å². The van der Waals surface area contributed by atoms with E-state index in [-0.39, 0.29) is 12.0 Å². The highest BCUT2D eigenvalue weighted by atomic mass is 19.1. The largest absolute Gasteiger partial charge is 0.465 e. The number of ether oxygens (including phenoxy) is 1. The van der Waals surface area contributed by atoms with Crippen LogP contribution in [0.3, 0.4) is 0 Å². The lowest BCUT2D eigenvalue weighted by Crippen LogP contribution is -2.09. The van der Waals surface area contributed by atoms with Gasteiger partial charge in [-0.25, -0.2) is 13.6 Å². The number of rotatable bonds is 2. The molecule has 0 saturated heterocycles. The first-order valence-electron chi connectivity index (χ1n) is 4.80. The molecule has 1 aromatic rings. The summed E-state index contributed by atoms with van der Waals surface area (Å²) >= 11 is 0. The molecule has 0 heterocycles. The van der Waals surface area contributed by atoms with E-state index in [4.69, 9.17) is 5.73 Å². The minimum atomic E-state index is -1.11. The number of carbonyl (C=O) groups is 2. The maximum Gasteiger partial charge on any atom is 0.343 e. The van der Waals surface area contributed by atoms with E-state index in [0.29, 0.717) is 0 Å². The summed E-state index contributed by atoms with van der Waals surface area (Å²) in [5.74, 6) is 0.793. The van der Waals surface area contributed by atoms with Crippen molar-refractivity contribution in [3.8, 4) is 11.8 Å². The Morgan fingerprint density at radius 2 is 1.89 bits per heavy atom. The molecule has 6 heteroatoms. The van der Waals surface area contributed by atoms with Crippen molar-refractivity contribution < 1.29 is 23.1 Å². The summed E-state index contributed by atoms with van der Waals surface area (Å²) < 4.78 is 31.1. The molecule has 0 spiro atoms. The molecule has 1 aromatic carbocycles. The summed E-state index contributed by atoms with van der Waals surface area (Å²) in [5.41, 5.74) is 4.07. The Kier molecular flexibility index (Phi) is 4.38. The van der Waals surface area contributed by atoms with Crippen LogP contribution in [0.25, 0.3) is 0 Å². The molecule has 94 valence electrons. The lowest BCUT2D eigenvalue weighted by molar-refractivity contribution is -0.117. The second-order valence-electron chi connectivity index (χ2n) is 3.25. The number of amides is 1. The quantitative estimate of drug-likeness (QED) is 0.631. The maximum atomic E-state index is 13.4. The standard InChI is InChI=1S/C12H9F2NO3/c1-18-12(17)11-8(13)5-7(6-9(11)14)3-2-4-10(15)16/h5-6H,4H2,1H3,(H2,15,16). The molecule has 0 aliphatic heterocycles. The molecule has 0 bridgehead atoms. The first-order valence-corrected chi connectivity index (χ1v) is 4.80. The molecule has 0 atom stereocenters. The van der Waals surface area contributed by atoms with Crippen LogP contribution >= 0.6 is 0 Å². The Morgan fingerprint density at radius 3 is 2.33 bits per heavy atom. The highest BCUT2D eigenvalue weighted by Crippen LogP contribution is 2.16. The predicted molar refractivity (Wildman–Crippen MR) is 58.4 cm³/mol. The second-order valence-corrected chi connectivity index (χ2v) is 3.25. The molecule has 0 unspecified atom stereocenters. The third-order valence-corrected chi connectivity index (χ3v) is 1.93. The number of carbonyl (C=O) groups excluding carboxylic acids is 2. The van der Waals surface area contributed by atoms with Crippen LogP contribution in [0, 0.1) is 23.5 Å². The van der Waals surface area contributed by atoms with Crippen molar-refractivity contribution >= 4 is 11.9 Å². The molecule has 1 rings (SSSR count). The molecule has 0 fully saturated rings. The Balaban J connectivity index is 3.09. The van der Waals surface area contributed by atoms with Crippen molar-refractivity contribution in [3.63, 3.8) is 0 Å². The average Bonchev–Trinajstić information content (AvgIpc) is 2.27. The maximum absolute atomic E-state index is 13.4. The molecule has 0 aliphatic carbocycles. The lowest BCUT2D eigenvalue weighted by atomic mass is 10.1. The van der Waals surface area contributed by atoms with Gasteiger partial charge in [-0.3, -0.25) is 4.79 Å². The molecule has 18 heavy (non-hydrogen) atoms. The van der Waals surface area contributed by atoms with Crippen molar-refractivity contribution in [1.82, 2.24) is 0 Å². The summed E-state index contributed by atoms with van der Waals surface area (Å²) in [6.45, 7) is 0. The number of hydrogen-bond donors (Lipinski definition) is 1. The van der Waals surface area contributed by atoms with Gasteiger partial charge in [-0.2, -0.15) is 0 Å². The van der Waals surface area contributed by atoms with E-state index in [1.54, 1.807) is 0 Å². The third-order valence-electron chi connectivity index (χ3n) is 1.93.